The van der Waals surface area contributed by atoms with Crippen molar-refractivity contribution in [1.82, 2.24) is 15.3 Å². The molecule has 1 aliphatic heterocycles. The fourth-order valence-corrected chi connectivity index (χ4v) is 3.87. The number of hydrogen-bond donors (Lipinski definition) is 2. The predicted molar refractivity (Wildman–Crippen MR) is 126 cm³/mol. The van der Waals surface area contributed by atoms with Gasteiger partial charge < -0.3 is 20.1 Å². The highest BCUT2D eigenvalue weighted by atomic mass is 19.1. The molecule has 4 rings (SSSR count). The lowest BCUT2D eigenvalue weighted by Gasteiger charge is -2.22. The first-order chi connectivity index (χ1) is 15.6. The molecule has 0 bridgehead atoms. The minimum atomic E-state index is -0.587. The molecule has 0 saturated carbocycles. The first kappa shape index (κ1) is 22.8. The van der Waals surface area contributed by atoms with Crippen molar-refractivity contribution >= 4 is 22.8 Å². The zero-order valence-corrected chi connectivity index (χ0v) is 19.4. The second-order valence-electron chi connectivity index (χ2n) is 9.74. The fourth-order valence-electron chi connectivity index (χ4n) is 3.87. The summed E-state index contributed by atoms with van der Waals surface area (Å²) in [4.78, 5) is 23.5. The van der Waals surface area contributed by atoms with Crippen molar-refractivity contribution in [1.29, 1.82) is 0 Å². The molecule has 8 heteroatoms. The minimum Gasteiger partial charge on any atom is -0.507 e. The van der Waals surface area contributed by atoms with Crippen molar-refractivity contribution < 1.29 is 19.0 Å². The van der Waals surface area contributed by atoms with E-state index in [2.05, 4.69) is 20.2 Å². The number of alkyl carbamates (subject to hydrolysis) is 1. The number of nitrogens with zero attached hydrogens (tertiary/aromatic N) is 3. The smallest absolute Gasteiger partial charge is 0.407 e. The Bertz CT molecular complexity index is 1170. The molecule has 1 amide bonds. The molecule has 1 fully saturated rings. The van der Waals surface area contributed by atoms with Gasteiger partial charge in [0.1, 0.15) is 17.4 Å². The molecular weight excluding hydrogens is 423 g/mol. The van der Waals surface area contributed by atoms with Crippen LogP contribution in [0.25, 0.3) is 22.3 Å². The Labute approximate surface area is 192 Å². The van der Waals surface area contributed by atoms with Gasteiger partial charge in [-0.3, -0.25) is 0 Å². The summed E-state index contributed by atoms with van der Waals surface area (Å²) in [5.74, 6) is -0.0317. The van der Waals surface area contributed by atoms with Crippen LogP contribution in [0.2, 0.25) is 0 Å². The number of aryl methyl sites for hydroxylation is 1. The highest BCUT2D eigenvalue weighted by Crippen LogP contribution is 2.34. The van der Waals surface area contributed by atoms with Gasteiger partial charge in [-0.05, 0) is 48.6 Å². The largest absolute Gasteiger partial charge is 0.507 e. The number of ether oxygens (including phenoxy) is 1. The van der Waals surface area contributed by atoms with E-state index in [4.69, 9.17) is 4.74 Å². The van der Waals surface area contributed by atoms with Gasteiger partial charge in [0.2, 0.25) is 0 Å². The Morgan fingerprint density at radius 2 is 2.06 bits per heavy atom. The molecule has 7 nitrogen and oxygen atoms in total. The maximum Gasteiger partial charge on any atom is 0.407 e. The topological polar surface area (TPSA) is 87.6 Å². The van der Waals surface area contributed by atoms with Crippen molar-refractivity contribution in [3.05, 3.63) is 47.8 Å². The number of aromatic nitrogens is 2. The Balaban J connectivity index is 1.63. The molecule has 0 radical (unpaired) electrons. The molecule has 1 atom stereocenters. The molecular formula is C25H29FN4O3. The monoisotopic (exact) mass is 452 g/mol. The molecule has 1 unspecified atom stereocenters. The van der Waals surface area contributed by atoms with Crippen molar-refractivity contribution in [3.63, 3.8) is 0 Å². The second-order valence-corrected chi connectivity index (χ2v) is 9.74. The number of carbonyl (C=O) groups is 1. The van der Waals surface area contributed by atoms with Crippen LogP contribution in [0.15, 0.2) is 36.4 Å². The van der Waals surface area contributed by atoms with Crippen LogP contribution in [0.4, 0.5) is 15.0 Å². The Morgan fingerprint density at radius 3 is 2.79 bits per heavy atom. The van der Waals surface area contributed by atoms with Crippen LogP contribution in [0, 0.1) is 18.2 Å². The highest BCUT2D eigenvalue weighted by Gasteiger charge is 2.28. The lowest BCUT2D eigenvalue weighted by Crippen LogP contribution is -2.38. The molecule has 0 spiro atoms. The van der Waals surface area contributed by atoms with Crippen LogP contribution in [0.3, 0.4) is 0 Å². The predicted octanol–water partition coefficient (Wildman–Crippen LogP) is 4.80. The maximum absolute atomic E-state index is 14.6. The van der Waals surface area contributed by atoms with Crippen molar-refractivity contribution in [2.45, 2.75) is 40.2 Å². The zero-order chi connectivity index (χ0) is 23.8. The van der Waals surface area contributed by atoms with Crippen molar-refractivity contribution in [2.24, 2.45) is 5.41 Å². The minimum absolute atomic E-state index is 0.0261. The molecule has 2 N–H and O–H groups in total. The molecule has 2 aromatic carbocycles. The van der Waals surface area contributed by atoms with E-state index < -0.39 is 11.9 Å². The number of nitrogens with one attached hydrogen (secondary N) is 1. The average molecular weight is 453 g/mol. The third-order valence-corrected chi connectivity index (χ3v) is 5.49. The molecule has 3 aromatic rings. The van der Waals surface area contributed by atoms with Crippen LogP contribution in [-0.4, -0.2) is 46.9 Å². The van der Waals surface area contributed by atoms with Crippen LogP contribution >= 0.6 is 0 Å². The van der Waals surface area contributed by atoms with E-state index >= 15 is 0 Å². The van der Waals surface area contributed by atoms with Gasteiger partial charge in [0, 0.05) is 18.5 Å². The summed E-state index contributed by atoms with van der Waals surface area (Å²) in [7, 11) is 0. The Kier molecular flexibility index (Phi) is 6.10. The number of aromatic hydroxyl groups is 1. The number of phenols is 1. The average Bonchev–Trinajstić information content (AvgIpc) is 3.19. The van der Waals surface area contributed by atoms with Gasteiger partial charge in [-0.1, -0.05) is 32.9 Å². The van der Waals surface area contributed by atoms with E-state index in [1.165, 1.54) is 18.2 Å². The Morgan fingerprint density at radius 1 is 1.27 bits per heavy atom. The summed E-state index contributed by atoms with van der Waals surface area (Å²) >= 11 is 0. The number of fused-ring (bicyclic) bond motifs is 1. The highest BCUT2D eigenvalue weighted by molar-refractivity contribution is 5.92. The summed E-state index contributed by atoms with van der Waals surface area (Å²) in [5.41, 5.74) is 1.55. The van der Waals surface area contributed by atoms with E-state index in [0.717, 1.165) is 17.4 Å². The molecule has 2 heterocycles. The fraction of sp³-hybridized carbons (Fsp3) is 0.400. The van der Waals surface area contributed by atoms with Gasteiger partial charge in [0.25, 0.3) is 0 Å². The zero-order valence-electron chi connectivity index (χ0n) is 19.4. The van der Waals surface area contributed by atoms with E-state index in [-0.39, 0.29) is 28.6 Å². The summed E-state index contributed by atoms with van der Waals surface area (Å²) < 4.78 is 19.9. The van der Waals surface area contributed by atoms with Gasteiger partial charge >= 0.3 is 6.09 Å². The quantitative estimate of drug-likeness (QED) is 0.591. The number of rotatable bonds is 4. The summed E-state index contributed by atoms with van der Waals surface area (Å²) in [5, 5.41) is 14.0. The SMILES string of the molecule is Cc1ccc2c(N3CCC(NC(=O)OCC(C)(C)C)C3)nc(-c3c(O)cccc3F)nc2c1. The Hall–Kier alpha value is -3.42. The molecule has 174 valence electrons. The third-order valence-electron chi connectivity index (χ3n) is 5.49. The number of anilines is 1. The maximum atomic E-state index is 14.6. The number of halogens is 1. The number of phenolic OH excluding ortho intramolecular Hbond substituents is 1. The van der Waals surface area contributed by atoms with Crippen LogP contribution in [0.1, 0.15) is 32.8 Å². The summed E-state index contributed by atoms with van der Waals surface area (Å²) in [6, 6.07) is 9.87. The third kappa shape index (κ3) is 5.16. The van der Waals surface area contributed by atoms with E-state index in [9.17, 15) is 14.3 Å². The van der Waals surface area contributed by atoms with Gasteiger partial charge in [-0.15, -0.1) is 0 Å². The number of hydrogen-bond acceptors (Lipinski definition) is 6. The molecule has 1 aromatic heterocycles. The lowest BCUT2D eigenvalue weighted by molar-refractivity contribution is 0.104. The molecule has 1 saturated heterocycles. The number of benzene rings is 2. The number of carbonyl (C=O) groups excluding carboxylic acids is 1. The van der Waals surface area contributed by atoms with E-state index in [1.54, 1.807) is 0 Å². The van der Waals surface area contributed by atoms with Crippen molar-refractivity contribution in [3.8, 4) is 17.1 Å². The first-order valence-corrected chi connectivity index (χ1v) is 11.1. The molecule has 0 aliphatic carbocycles. The van der Waals surface area contributed by atoms with Crippen LogP contribution in [0.5, 0.6) is 5.75 Å². The van der Waals surface area contributed by atoms with Crippen LogP contribution in [-0.2, 0) is 4.74 Å². The second kappa shape index (κ2) is 8.84. The molecule has 1 aliphatic rings. The molecule has 33 heavy (non-hydrogen) atoms. The lowest BCUT2D eigenvalue weighted by atomic mass is 9.99. The van der Waals surface area contributed by atoms with Gasteiger partial charge in [0.15, 0.2) is 5.82 Å². The van der Waals surface area contributed by atoms with Gasteiger partial charge in [-0.2, -0.15) is 0 Å². The summed E-state index contributed by atoms with van der Waals surface area (Å²) in [6.45, 7) is 9.50. The number of amides is 1. The van der Waals surface area contributed by atoms with Crippen LogP contribution < -0.4 is 10.2 Å². The van der Waals surface area contributed by atoms with Gasteiger partial charge in [0.05, 0.1) is 23.7 Å². The summed E-state index contributed by atoms with van der Waals surface area (Å²) in [6.07, 6.45) is 0.291. The van der Waals surface area contributed by atoms with Gasteiger partial charge in [-0.25, -0.2) is 19.2 Å². The normalized spacial score (nSPS) is 16.3. The first-order valence-electron chi connectivity index (χ1n) is 11.1. The van der Waals surface area contributed by atoms with E-state index in [0.29, 0.717) is 31.0 Å². The van der Waals surface area contributed by atoms with Crippen molar-refractivity contribution in [2.75, 3.05) is 24.6 Å². The standard InChI is InChI=1S/C25H29FN4O3/c1-15-8-9-17-19(12-15)28-22(21-18(26)6-5-7-20(21)31)29-23(17)30-11-10-16(13-30)27-24(32)33-14-25(2,3)4/h5-9,12,16,31H,10-11,13-14H2,1-4H3,(H,27,32). The van der Waals surface area contributed by atoms with E-state index in [1.807, 2.05) is 45.9 Å².